The van der Waals surface area contributed by atoms with Crippen LogP contribution >= 0.6 is 27.7 Å². The zero-order valence-electron chi connectivity index (χ0n) is 17.5. The first-order chi connectivity index (χ1) is 14.9. The minimum absolute atomic E-state index is 0.166. The second kappa shape index (κ2) is 10.0. The summed E-state index contributed by atoms with van der Waals surface area (Å²) in [4.78, 5) is 31.1. The SMILES string of the molecule is CCOC(=O)c1ccc(N=C2SC(=Cc3cc(Br)c(OC)cc3OC)C(=O)N2C)cc1. The molecule has 7 nitrogen and oxygen atoms in total. The third kappa shape index (κ3) is 5.11. The summed E-state index contributed by atoms with van der Waals surface area (Å²) in [5, 5.41) is 0.534. The topological polar surface area (TPSA) is 77.4 Å². The fraction of sp³-hybridized carbons (Fsp3) is 0.227. The van der Waals surface area contributed by atoms with Crippen molar-refractivity contribution in [2.24, 2.45) is 4.99 Å². The monoisotopic (exact) mass is 504 g/mol. The van der Waals surface area contributed by atoms with Crippen LogP contribution in [0.1, 0.15) is 22.8 Å². The van der Waals surface area contributed by atoms with Gasteiger partial charge in [0.1, 0.15) is 11.5 Å². The number of benzene rings is 2. The zero-order valence-corrected chi connectivity index (χ0v) is 19.9. The highest BCUT2D eigenvalue weighted by Gasteiger charge is 2.30. The summed E-state index contributed by atoms with van der Waals surface area (Å²) in [6.45, 7) is 2.07. The Kier molecular flexibility index (Phi) is 7.40. The summed E-state index contributed by atoms with van der Waals surface area (Å²) < 4.78 is 16.5. The molecule has 2 aromatic carbocycles. The van der Waals surface area contributed by atoms with E-state index in [1.165, 1.54) is 16.7 Å². The maximum atomic E-state index is 12.8. The predicted octanol–water partition coefficient (Wildman–Crippen LogP) is 4.88. The van der Waals surface area contributed by atoms with Crippen molar-refractivity contribution in [1.82, 2.24) is 4.90 Å². The van der Waals surface area contributed by atoms with Crippen LogP contribution in [0.2, 0.25) is 0 Å². The summed E-state index contributed by atoms with van der Waals surface area (Å²) in [5.41, 5.74) is 1.81. The number of methoxy groups -OCH3 is 2. The van der Waals surface area contributed by atoms with Gasteiger partial charge in [0, 0.05) is 18.7 Å². The number of carbonyl (C=O) groups is 2. The molecule has 2 aromatic rings. The van der Waals surface area contributed by atoms with Gasteiger partial charge in [-0.15, -0.1) is 0 Å². The minimum Gasteiger partial charge on any atom is -0.496 e. The lowest BCUT2D eigenvalue weighted by atomic mass is 10.1. The van der Waals surface area contributed by atoms with Crippen molar-refractivity contribution in [1.29, 1.82) is 0 Å². The number of hydrogen-bond donors (Lipinski definition) is 0. The molecule has 0 spiro atoms. The number of carbonyl (C=O) groups excluding carboxylic acids is 2. The standard InChI is InChI=1S/C22H21BrN2O5S/c1-5-30-21(27)13-6-8-15(9-7-13)24-22-25(2)20(26)19(31-22)11-14-10-16(23)18(29-4)12-17(14)28-3/h6-12H,5H2,1-4H3. The molecule has 1 amide bonds. The normalized spacial score (nSPS) is 16.2. The molecule has 0 saturated carbocycles. The number of aliphatic imine (C=N–C) groups is 1. The van der Waals surface area contributed by atoms with E-state index < -0.39 is 0 Å². The first-order valence-corrected chi connectivity index (χ1v) is 10.9. The summed E-state index contributed by atoms with van der Waals surface area (Å²) >= 11 is 4.72. The summed E-state index contributed by atoms with van der Waals surface area (Å²) in [6.07, 6.45) is 1.76. The number of esters is 1. The molecule has 0 unspecified atom stereocenters. The average Bonchev–Trinajstić information content (AvgIpc) is 3.02. The maximum Gasteiger partial charge on any atom is 0.338 e. The van der Waals surface area contributed by atoms with Crippen LogP contribution < -0.4 is 9.47 Å². The van der Waals surface area contributed by atoms with Gasteiger partial charge in [0.25, 0.3) is 5.91 Å². The van der Waals surface area contributed by atoms with Crippen LogP contribution in [0.25, 0.3) is 6.08 Å². The van der Waals surface area contributed by atoms with Gasteiger partial charge in [0.05, 0.1) is 41.5 Å². The number of halogens is 1. The van der Waals surface area contributed by atoms with E-state index in [0.29, 0.717) is 39.4 Å². The van der Waals surface area contributed by atoms with Crippen LogP contribution in [0.3, 0.4) is 0 Å². The highest BCUT2D eigenvalue weighted by atomic mass is 79.9. The first kappa shape index (κ1) is 22.9. The van der Waals surface area contributed by atoms with E-state index in [1.54, 1.807) is 64.6 Å². The third-order valence-electron chi connectivity index (χ3n) is 4.40. The van der Waals surface area contributed by atoms with Gasteiger partial charge in [0.15, 0.2) is 5.17 Å². The number of thioether (sulfide) groups is 1. The van der Waals surface area contributed by atoms with Crippen molar-refractivity contribution >= 4 is 56.5 Å². The smallest absolute Gasteiger partial charge is 0.338 e. The van der Waals surface area contributed by atoms with Gasteiger partial charge < -0.3 is 14.2 Å². The first-order valence-electron chi connectivity index (χ1n) is 9.33. The number of likely N-dealkylation sites (N-methyl/N-ethyl adjacent to an activating group) is 1. The van der Waals surface area contributed by atoms with Gasteiger partial charge in [0.2, 0.25) is 0 Å². The van der Waals surface area contributed by atoms with Gasteiger partial charge in [-0.25, -0.2) is 9.79 Å². The van der Waals surface area contributed by atoms with Crippen molar-refractivity contribution in [3.63, 3.8) is 0 Å². The second-order valence-electron chi connectivity index (χ2n) is 6.37. The van der Waals surface area contributed by atoms with E-state index in [0.717, 1.165) is 10.0 Å². The van der Waals surface area contributed by atoms with Crippen LogP contribution in [-0.2, 0) is 9.53 Å². The molecule has 162 valence electrons. The van der Waals surface area contributed by atoms with E-state index >= 15 is 0 Å². The van der Waals surface area contributed by atoms with Gasteiger partial charge >= 0.3 is 5.97 Å². The quantitative estimate of drug-likeness (QED) is 0.412. The lowest BCUT2D eigenvalue weighted by Crippen LogP contribution is -2.23. The number of nitrogens with zero attached hydrogens (tertiary/aromatic N) is 2. The van der Waals surface area contributed by atoms with Gasteiger partial charge in [-0.1, -0.05) is 0 Å². The fourth-order valence-corrected chi connectivity index (χ4v) is 4.29. The molecular weight excluding hydrogens is 484 g/mol. The van der Waals surface area contributed by atoms with Crippen LogP contribution in [0.5, 0.6) is 11.5 Å². The van der Waals surface area contributed by atoms with Crippen molar-refractivity contribution in [3.05, 3.63) is 56.9 Å². The number of ether oxygens (including phenoxy) is 3. The number of amides is 1. The third-order valence-corrected chi connectivity index (χ3v) is 6.08. The molecule has 0 radical (unpaired) electrons. The van der Waals surface area contributed by atoms with Crippen LogP contribution in [0.15, 0.2) is 50.8 Å². The number of rotatable bonds is 6. The molecule has 1 saturated heterocycles. The molecule has 1 heterocycles. The molecule has 1 aliphatic rings. The largest absolute Gasteiger partial charge is 0.496 e. The Morgan fingerprint density at radius 3 is 2.45 bits per heavy atom. The Morgan fingerprint density at radius 1 is 1.16 bits per heavy atom. The molecule has 31 heavy (non-hydrogen) atoms. The Labute approximate surface area is 193 Å². The summed E-state index contributed by atoms with van der Waals surface area (Å²) in [5.74, 6) is 0.675. The molecular formula is C22H21BrN2O5S. The van der Waals surface area contributed by atoms with Gasteiger partial charge in [-0.05, 0) is 71.0 Å². The van der Waals surface area contributed by atoms with Gasteiger partial charge in [-0.2, -0.15) is 0 Å². The molecule has 0 aromatic heterocycles. The molecule has 0 bridgehead atoms. The molecule has 0 N–H and O–H groups in total. The molecule has 0 atom stereocenters. The second-order valence-corrected chi connectivity index (χ2v) is 8.23. The highest BCUT2D eigenvalue weighted by Crippen LogP contribution is 2.38. The zero-order chi connectivity index (χ0) is 22.5. The summed E-state index contributed by atoms with van der Waals surface area (Å²) in [7, 11) is 4.81. The molecule has 1 aliphatic heterocycles. The molecule has 0 aliphatic carbocycles. The number of amidine groups is 1. The van der Waals surface area contributed by atoms with Crippen molar-refractivity contribution in [2.75, 3.05) is 27.9 Å². The average molecular weight is 505 g/mol. The predicted molar refractivity (Wildman–Crippen MR) is 125 cm³/mol. The van der Waals surface area contributed by atoms with E-state index in [2.05, 4.69) is 20.9 Å². The Morgan fingerprint density at radius 2 is 1.84 bits per heavy atom. The summed E-state index contributed by atoms with van der Waals surface area (Å²) in [6, 6.07) is 10.3. The van der Waals surface area contributed by atoms with E-state index in [4.69, 9.17) is 14.2 Å². The van der Waals surface area contributed by atoms with E-state index in [1.807, 2.05) is 6.07 Å². The van der Waals surface area contributed by atoms with Crippen LogP contribution in [0.4, 0.5) is 5.69 Å². The van der Waals surface area contributed by atoms with Gasteiger partial charge in [-0.3, -0.25) is 9.69 Å². The highest BCUT2D eigenvalue weighted by molar-refractivity contribution is 9.10. The fourth-order valence-electron chi connectivity index (χ4n) is 2.79. The van der Waals surface area contributed by atoms with Crippen LogP contribution in [-0.4, -0.2) is 49.8 Å². The molecule has 1 fully saturated rings. The maximum absolute atomic E-state index is 12.8. The Bertz CT molecular complexity index is 1070. The minimum atomic E-state index is -0.381. The lowest BCUT2D eigenvalue weighted by molar-refractivity contribution is -0.121. The van der Waals surface area contributed by atoms with E-state index in [9.17, 15) is 9.59 Å². The number of hydrogen-bond acceptors (Lipinski definition) is 7. The van der Waals surface area contributed by atoms with E-state index in [-0.39, 0.29) is 11.9 Å². The molecule has 9 heteroatoms. The molecule has 3 rings (SSSR count). The van der Waals surface area contributed by atoms with Crippen molar-refractivity contribution in [2.45, 2.75) is 6.92 Å². The Balaban J connectivity index is 1.87. The lowest BCUT2D eigenvalue weighted by Gasteiger charge is -2.10. The van der Waals surface area contributed by atoms with Crippen molar-refractivity contribution in [3.8, 4) is 11.5 Å². The van der Waals surface area contributed by atoms with Crippen LogP contribution in [0, 0.1) is 0 Å². The van der Waals surface area contributed by atoms with Crippen molar-refractivity contribution < 1.29 is 23.8 Å². The Hall–Kier alpha value is -2.78.